The monoisotopic (exact) mass is 700 g/mol. The number of pyridine rings is 1. The van der Waals surface area contributed by atoms with Gasteiger partial charge in [0.2, 0.25) is 10.0 Å². The number of rotatable bonds is 14. The summed E-state index contributed by atoms with van der Waals surface area (Å²) in [7, 11) is 0.0395. The number of nitrogens with zero attached hydrogens (tertiary/aromatic N) is 2. The summed E-state index contributed by atoms with van der Waals surface area (Å²) >= 11 is 12.8. The molecular weight excluding hydrogens is 667 g/mol. The van der Waals surface area contributed by atoms with Gasteiger partial charge in [-0.2, -0.15) is 13.1 Å². The van der Waals surface area contributed by atoms with Gasteiger partial charge in [0.15, 0.2) is 23.9 Å². The molecule has 1 saturated carbocycles. The van der Waals surface area contributed by atoms with Crippen molar-refractivity contribution in [2.75, 3.05) is 27.7 Å². The number of halogens is 4. The van der Waals surface area contributed by atoms with E-state index in [0.717, 1.165) is 17.1 Å². The molecule has 0 spiro atoms. The molecule has 46 heavy (non-hydrogen) atoms. The fourth-order valence-corrected chi connectivity index (χ4v) is 6.31. The number of sulfonamides is 1. The van der Waals surface area contributed by atoms with Gasteiger partial charge in [-0.05, 0) is 61.6 Å². The molecule has 0 radical (unpaired) electrons. The Kier molecular flexibility index (Phi) is 11.5. The number of esters is 1. The lowest BCUT2D eigenvalue weighted by Crippen LogP contribution is -2.41. The second-order valence-corrected chi connectivity index (χ2v) is 13.8. The van der Waals surface area contributed by atoms with E-state index in [2.05, 4.69) is 9.72 Å². The fourth-order valence-electron chi connectivity index (χ4n) is 4.42. The van der Waals surface area contributed by atoms with Crippen LogP contribution in [-0.4, -0.2) is 69.9 Å². The maximum Gasteiger partial charge on any atom is 0.387 e. The average molecular weight is 702 g/mol. The van der Waals surface area contributed by atoms with Crippen LogP contribution in [0.1, 0.15) is 47.4 Å². The largest absolute Gasteiger partial charge is 0.489 e. The summed E-state index contributed by atoms with van der Waals surface area (Å²) in [6.07, 6.45) is 3.74. The summed E-state index contributed by atoms with van der Waals surface area (Å²) in [5.41, 5.74) is 0.917. The van der Waals surface area contributed by atoms with Crippen molar-refractivity contribution in [1.82, 2.24) is 9.21 Å². The van der Waals surface area contributed by atoms with Gasteiger partial charge in [0.25, 0.3) is 5.91 Å². The number of alkyl halides is 2. The predicted octanol–water partition coefficient (Wildman–Crippen LogP) is 5.44. The smallest absolute Gasteiger partial charge is 0.387 e. The van der Waals surface area contributed by atoms with Crippen LogP contribution in [-0.2, 0) is 26.0 Å². The Hall–Kier alpha value is -3.52. The first kappa shape index (κ1) is 35.3. The summed E-state index contributed by atoms with van der Waals surface area (Å²) in [5, 5.41) is 0.493. The lowest BCUT2D eigenvalue weighted by atomic mass is 10.0. The minimum atomic E-state index is -4.26. The molecule has 15 heteroatoms. The molecule has 1 heterocycles. The molecule has 1 aliphatic rings. The molecule has 0 aliphatic heterocycles. The van der Waals surface area contributed by atoms with E-state index in [9.17, 15) is 26.8 Å². The van der Waals surface area contributed by atoms with E-state index < -0.39 is 40.7 Å². The van der Waals surface area contributed by atoms with E-state index in [0.29, 0.717) is 23.7 Å². The van der Waals surface area contributed by atoms with E-state index in [-0.39, 0.29) is 38.4 Å². The van der Waals surface area contributed by atoms with Crippen LogP contribution < -0.4 is 14.5 Å². The SMILES string of the molecule is C[C@@H](C(=O)O[C@H](Cc1c(Cl)c[nH+]cc1Cl)c1ccc(OC(F)F)c(OCC2CC2)c1)N(C)S(=O)(=O)c1cccc(C(=O)N(C)C)c1. The van der Waals surface area contributed by atoms with Crippen molar-refractivity contribution in [1.29, 1.82) is 0 Å². The number of ether oxygens (including phenoxy) is 3. The molecule has 2 atom stereocenters. The number of aromatic nitrogens is 1. The lowest BCUT2D eigenvalue weighted by molar-refractivity contribution is -0.377. The van der Waals surface area contributed by atoms with Crippen LogP contribution >= 0.6 is 23.2 Å². The Morgan fingerprint density at radius 3 is 2.30 bits per heavy atom. The molecule has 248 valence electrons. The Morgan fingerprint density at radius 1 is 1.02 bits per heavy atom. The average Bonchev–Trinajstić information content (AvgIpc) is 3.85. The van der Waals surface area contributed by atoms with Crippen LogP contribution in [0.3, 0.4) is 0 Å². The van der Waals surface area contributed by atoms with Crippen LogP contribution in [0.2, 0.25) is 10.0 Å². The molecule has 0 saturated heterocycles. The number of hydrogen-bond acceptors (Lipinski definition) is 7. The van der Waals surface area contributed by atoms with Gasteiger partial charge in [0.05, 0.1) is 11.5 Å². The highest BCUT2D eigenvalue weighted by Crippen LogP contribution is 2.38. The molecule has 1 aromatic heterocycles. The zero-order chi connectivity index (χ0) is 33.8. The maximum atomic E-state index is 13.6. The van der Waals surface area contributed by atoms with Crippen molar-refractivity contribution >= 4 is 45.1 Å². The molecule has 3 aromatic rings. The van der Waals surface area contributed by atoms with E-state index in [1.807, 2.05) is 0 Å². The lowest BCUT2D eigenvalue weighted by Gasteiger charge is -2.26. The van der Waals surface area contributed by atoms with E-state index in [1.54, 1.807) is 14.1 Å². The fraction of sp³-hybridized carbons (Fsp3) is 0.387. The van der Waals surface area contributed by atoms with Gasteiger partial charge in [-0.1, -0.05) is 35.3 Å². The molecular formula is C31H34Cl2F2N3O7S+. The van der Waals surface area contributed by atoms with Crippen LogP contribution in [0.4, 0.5) is 8.78 Å². The Morgan fingerprint density at radius 2 is 1.70 bits per heavy atom. The molecule has 0 bridgehead atoms. The first-order chi connectivity index (χ1) is 21.7. The van der Waals surface area contributed by atoms with E-state index >= 15 is 0 Å². The van der Waals surface area contributed by atoms with Gasteiger partial charge >= 0.3 is 12.6 Å². The molecule has 10 nitrogen and oxygen atoms in total. The summed E-state index contributed by atoms with van der Waals surface area (Å²) in [6, 6.07) is 8.31. The number of carbonyl (C=O) groups excluding carboxylic acids is 2. The molecule has 1 N–H and O–H groups in total. The molecule has 1 aliphatic carbocycles. The summed E-state index contributed by atoms with van der Waals surface area (Å²) < 4.78 is 70.5. The number of amides is 1. The third-order valence-electron chi connectivity index (χ3n) is 7.42. The zero-order valence-corrected chi connectivity index (χ0v) is 27.8. The third kappa shape index (κ3) is 8.64. The first-order valence-corrected chi connectivity index (χ1v) is 16.4. The van der Waals surface area contributed by atoms with Crippen LogP contribution in [0.5, 0.6) is 11.5 Å². The second kappa shape index (κ2) is 14.9. The number of carbonyl (C=O) groups is 2. The first-order valence-electron chi connectivity index (χ1n) is 14.2. The Balaban J connectivity index is 1.64. The number of H-pyrrole nitrogens is 1. The minimum absolute atomic E-state index is 0.0317. The van der Waals surface area contributed by atoms with Crippen molar-refractivity contribution < 1.29 is 46.0 Å². The quantitative estimate of drug-likeness (QED) is 0.206. The number of hydrogen-bond donors (Lipinski definition) is 0. The van der Waals surface area contributed by atoms with Crippen molar-refractivity contribution in [2.45, 2.75) is 49.8 Å². The number of aromatic amines is 1. The van der Waals surface area contributed by atoms with E-state index in [1.165, 1.54) is 73.7 Å². The van der Waals surface area contributed by atoms with Gasteiger partial charge in [0, 0.05) is 38.7 Å². The number of benzene rings is 2. The number of nitrogens with one attached hydrogen (secondary N) is 1. The maximum absolute atomic E-state index is 13.6. The highest BCUT2D eigenvalue weighted by atomic mass is 35.5. The predicted molar refractivity (Wildman–Crippen MR) is 166 cm³/mol. The van der Waals surface area contributed by atoms with Crippen LogP contribution in [0.25, 0.3) is 0 Å². The van der Waals surface area contributed by atoms with Gasteiger partial charge in [-0.15, -0.1) is 0 Å². The summed E-state index contributed by atoms with van der Waals surface area (Å²) in [6.45, 7) is -1.45. The van der Waals surface area contributed by atoms with Crippen molar-refractivity contribution in [3.8, 4) is 11.5 Å². The number of likely N-dealkylation sites (N-methyl/N-ethyl adjacent to an activating group) is 1. The van der Waals surface area contributed by atoms with Crippen molar-refractivity contribution in [3.05, 3.63) is 81.6 Å². The standard InChI is InChI=1S/C31H33Cl2F2N3O7S/c1-18(38(4)46(41,42)22-7-5-6-21(12-22)29(39)37(2)3)30(40)44-27(14-23-24(32)15-36-16-25(23)33)20-10-11-26(45-31(34)35)28(13-20)43-17-19-8-9-19/h5-7,10-13,15-16,18-19,27,31H,8-9,14,17H2,1-4H3/p+1/t18-,27+/m0/s1. The second-order valence-electron chi connectivity index (χ2n) is 11.0. The molecule has 1 amide bonds. The van der Waals surface area contributed by atoms with Crippen molar-refractivity contribution in [3.63, 3.8) is 0 Å². The summed E-state index contributed by atoms with van der Waals surface area (Å²) in [5.74, 6) is -1.17. The molecule has 4 rings (SSSR count). The minimum Gasteiger partial charge on any atom is -0.489 e. The Bertz CT molecular complexity index is 1670. The van der Waals surface area contributed by atoms with Crippen LogP contribution in [0.15, 0.2) is 59.8 Å². The van der Waals surface area contributed by atoms with Gasteiger partial charge in [0.1, 0.15) is 22.2 Å². The molecule has 1 fully saturated rings. The van der Waals surface area contributed by atoms with Gasteiger partial charge in [-0.3, -0.25) is 9.59 Å². The molecule has 2 aromatic carbocycles. The molecule has 0 unspecified atom stereocenters. The van der Waals surface area contributed by atoms with Gasteiger partial charge < -0.3 is 19.1 Å². The van der Waals surface area contributed by atoms with Gasteiger partial charge in [-0.25, -0.2) is 13.4 Å². The topological polar surface area (TPSA) is 117 Å². The highest BCUT2D eigenvalue weighted by molar-refractivity contribution is 7.89. The Labute approximate surface area is 276 Å². The van der Waals surface area contributed by atoms with E-state index in [4.69, 9.17) is 32.7 Å². The zero-order valence-electron chi connectivity index (χ0n) is 25.5. The van der Waals surface area contributed by atoms with Crippen LogP contribution in [0, 0.1) is 5.92 Å². The summed E-state index contributed by atoms with van der Waals surface area (Å²) in [4.78, 5) is 29.9. The third-order valence-corrected chi connectivity index (χ3v) is 10.0. The highest BCUT2D eigenvalue weighted by Gasteiger charge is 2.34. The van der Waals surface area contributed by atoms with Crippen molar-refractivity contribution in [2.24, 2.45) is 5.92 Å². The normalized spacial score (nSPS) is 14.6.